The van der Waals surface area contributed by atoms with Crippen molar-refractivity contribution in [2.45, 2.75) is 17.9 Å². The number of nitrogens with one attached hydrogen (secondary N) is 1. The molecule has 1 saturated heterocycles. The molecule has 0 bridgehead atoms. The van der Waals surface area contributed by atoms with Crippen LogP contribution in [0.4, 0.5) is 5.69 Å². The molecule has 0 aliphatic carbocycles. The molecule has 1 aliphatic rings. The first-order valence-electron chi connectivity index (χ1n) is 8.61. The highest BCUT2D eigenvalue weighted by Gasteiger charge is 2.26. The number of carbonyl (C=O) groups excluding carboxylic acids is 2. The topological polar surface area (TPSA) is 115 Å². The molecule has 1 amide bonds. The predicted octanol–water partition coefficient (Wildman–Crippen LogP) is 1.48. The van der Waals surface area contributed by atoms with Crippen LogP contribution in [0, 0.1) is 0 Å². The van der Waals surface area contributed by atoms with E-state index in [1.165, 1.54) is 53.9 Å². The molecule has 1 aliphatic heterocycles. The van der Waals surface area contributed by atoms with Gasteiger partial charge in [0.2, 0.25) is 15.8 Å². The molecule has 1 atom stereocenters. The van der Waals surface area contributed by atoms with Crippen LogP contribution in [0.25, 0.3) is 0 Å². The number of sulfonamides is 1. The molecular formula is C18H20N2O7S. The van der Waals surface area contributed by atoms with Crippen LogP contribution < -0.4 is 5.32 Å². The zero-order valence-electron chi connectivity index (χ0n) is 15.2. The van der Waals surface area contributed by atoms with Crippen LogP contribution in [0.1, 0.15) is 17.5 Å². The number of hydrogen-bond acceptors (Lipinski definition) is 7. The maximum absolute atomic E-state index is 12.6. The Morgan fingerprint density at radius 1 is 1.14 bits per heavy atom. The molecular weight excluding hydrogens is 388 g/mol. The molecule has 0 unspecified atom stereocenters. The van der Waals surface area contributed by atoms with Crippen molar-refractivity contribution in [2.75, 3.05) is 31.6 Å². The SMILES string of the molecule is C[C@@H](OC(=O)c1ccco1)C(=O)Nc1ccc(S(=O)(=O)N2CCOCC2)cc1. The van der Waals surface area contributed by atoms with Crippen molar-refractivity contribution in [1.29, 1.82) is 0 Å². The molecule has 1 aromatic carbocycles. The van der Waals surface area contributed by atoms with Gasteiger partial charge in [-0.1, -0.05) is 0 Å². The molecule has 0 saturated carbocycles. The number of benzene rings is 1. The van der Waals surface area contributed by atoms with E-state index in [9.17, 15) is 18.0 Å². The van der Waals surface area contributed by atoms with Gasteiger partial charge in [-0.15, -0.1) is 0 Å². The lowest BCUT2D eigenvalue weighted by Gasteiger charge is -2.26. The number of hydrogen-bond donors (Lipinski definition) is 1. The second-order valence-corrected chi connectivity index (χ2v) is 7.99. The highest BCUT2D eigenvalue weighted by molar-refractivity contribution is 7.89. The molecule has 2 aromatic rings. The number of rotatable bonds is 6. The number of furan rings is 1. The van der Waals surface area contributed by atoms with Gasteiger partial charge >= 0.3 is 5.97 Å². The van der Waals surface area contributed by atoms with Crippen LogP contribution in [0.5, 0.6) is 0 Å². The molecule has 150 valence electrons. The summed E-state index contributed by atoms with van der Waals surface area (Å²) in [7, 11) is -3.60. The maximum atomic E-state index is 12.6. The smallest absolute Gasteiger partial charge is 0.374 e. The lowest BCUT2D eigenvalue weighted by Crippen LogP contribution is -2.40. The first-order chi connectivity index (χ1) is 13.4. The van der Waals surface area contributed by atoms with Gasteiger partial charge in [0.25, 0.3) is 5.91 Å². The standard InChI is InChI=1S/C18H20N2O7S/c1-13(27-18(22)16-3-2-10-26-16)17(21)19-14-4-6-15(7-5-14)28(23,24)20-8-11-25-12-9-20/h2-7,10,13H,8-9,11-12H2,1H3,(H,19,21)/t13-/m1/s1. The summed E-state index contributed by atoms with van der Waals surface area (Å²) in [6.45, 7) is 2.76. The Labute approximate surface area is 162 Å². The van der Waals surface area contributed by atoms with Gasteiger partial charge in [0.1, 0.15) is 0 Å². The first-order valence-corrected chi connectivity index (χ1v) is 10.1. The van der Waals surface area contributed by atoms with Gasteiger partial charge in [-0.25, -0.2) is 13.2 Å². The van der Waals surface area contributed by atoms with Crippen LogP contribution in [0.2, 0.25) is 0 Å². The minimum absolute atomic E-state index is 0.00248. The molecule has 0 spiro atoms. The Balaban J connectivity index is 1.60. The minimum atomic E-state index is -3.60. The summed E-state index contributed by atoms with van der Waals surface area (Å²) in [6, 6.07) is 8.76. The van der Waals surface area contributed by atoms with Gasteiger partial charge in [0.15, 0.2) is 6.10 Å². The fraction of sp³-hybridized carbons (Fsp3) is 0.333. The van der Waals surface area contributed by atoms with E-state index in [-0.39, 0.29) is 10.7 Å². The van der Waals surface area contributed by atoms with Gasteiger partial charge < -0.3 is 19.2 Å². The van der Waals surface area contributed by atoms with E-state index in [0.29, 0.717) is 32.0 Å². The highest BCUT2D eigenvalue weighted by atomic mass is 32.2. The van der Waals surface area contributed by atoms with Crippen LogP contribution >= 0.6 is 0 Å². The number of amides is 1. The van der Waals surface area contributed by atoms with E-state index < -0.39 is 28.0 Å². The normalized spacial score (nSPS) is 16.3. The van der Waals surface area contributed by atoms with Gasteiger partial charge in [-0.05, 0) is 43.3 Å². The zero-order chi connectivity index (χ0) is 20.1. The highest BCUT2D eigenvalue weighted by Crippen LogP contribution is 2.19. The van der Waals surface area contributed by atoms with Gasteiger partial charge in [-0.3, -0.25) is 4.79 Å². The van der Waals surface area contributed by atoms with E-state index in [4.69, 9.17) is 13.9 Å². The largest absolute Gasteiger partial charge is 0.457 e. The quantitative estimate of drug-likeness (QED) is 0.720. The second kappa shape index (κ2) is 8.55. The molecule has 9 nitrogen and oxygen atoms in total. The molecule has 1 aromatic heterocycles. The zero-order valence-corrected chi connectivity index (χ0v) is 16.0. The second-order valence-electron chi connectivity index (χ2n) is 6.05. The Morgan fingerprint density at radius 2 is 1.82 bits per heavy atom. The average Bonchev–Trinajstić information content (AvgIpc) is 3.24. The number of ether oxygens (including phenoxy) is 2. The number of carbonyl (C=O) groups is 2. The van der Waals surface area contributed by atoms with Crippen molar-refractivity contribution >= 4 is 27.6 Å². The summed E-state index contributed by atoms with van der Waals surface area (Å²) in [5.41, 5.74) is 0.381. The van der Waals surface area contributed by atoms with Gasteiger partial charge in [0, 0.05) is 18.8 Å². The third-order valence-electron chi connectivity index (χ3n) is 4.11. The number of esters is 1. The molecule has 0 radical (unpaired) electrons. The lowest BCUT2D eigenvalue weighted by molar-refractivity contribution is -0.123. The summed E-state index contributed by atoms with van der Waals surface area (Å²) in [5, 5.41) is 2.58. The third-order valence-corrected chi connectivity index (χ3v) is 6.02. The summed E-state index contributed by atoms with van der Waals surface area (Å²) in [5.74, 6) is -1.30. The van der Waals surface area contributed by atoms with E-state index in [1.807, 2.05) is 0 Å². The van der Waals surface area contributed by atoms with Gasteiger partial charge in [0.05, 0.1) is 24.4 Å². The molecule has 2 heterocycles. The number of morpholine rings is 1. The van der Waals surface area contributed by atoms with Crippen LogP contribution in [0.15, 0.2) is 52.0 Å². The number of nitrogens with zero attached hydrogens (tertiary/aromatic N) is 1. The molecule has 28 heavy (non-hydrogen) atoms. The van der Waals surface area contributed by atoms with Crippen molar-refractivity contribution in [1.82, 2.24) is 4.31 Å². The summed E-state index contributed by atoms with van der Waals surface area (Å²) < 4.78 is 41.6. The average molecular weight is 408 g/mol. The van der Waals surface area contributed by atoms with E-state index in [1.54, 1.807) is 0 Å². The van der Waals surface area contributed by atoms with Crippen molar-refractivity contribution in [3.05, 3.63) is 48.4 Å². The van der Waals surface area contributed by atoms with Crippen LogP contribution in [-0.4, -0.2) is 57.0 Å². The summed E-state index contributed by atoms with van der Waals surface area (Å²) in [4.78, 5) is 24.1. The van der Waals surface area contributed by atoms with Crippen molar-refractivity contribution in [2.24, 2.45) is 0 Å². The van der Waals surface area contributed by atoms with E-state index >= 15 is 0 Å². The lowest BCUT2D eigenvalue weighted by atomic mass is 10.3. The number of anilines is 1. The molecule has 10 heteroatoms. The monoisotopic (exact) mass is 408 g/mol. The van der Waals surface area contributed by atoms with Crippen molar-refractivity contribution in [3.8, 4) is 0 Å². The first kappa shape index (κ1) is 20.1. The van der Waals surface area contributed by atoms with E-state index in [0.717, 1.165) is 0 Å². The Hall–Kier alpha value is -2.69. The minimum Gasteiger partial charge on any atom is -0.457 e. The Bertz CT molecular complexity index is 917. The summed E-state index contributed by atoms with van der Waals surface area (Å²) >= 11 is 0. The third kappa shape index (κ3) is 4.58. The fourth-order valence-electron chi connectivity index (χ4n) is 2.56. The molecule has 1 N–H and O–H groups in total. The molecule has 3 rings (SSSR count). The molecule has 1 fully saturated rings. The van der Waals surface area contributed by atoms with Crippen molar-refractivity contribution < 1.29 is 31.9 Å². The van der Waals surface area contributed by atoms with Gasteiger partial charge in [-0.2, -0.15) is 4.31 Å². The Kier molecular flexibility index (Phi) is 6.12. The van der Waals surface area contributed by atoms with Crippen molar-refractivity contribution in [3.63, 3.8) is 0 Å². The van der Waals surface area contributed by atoms with E-state index in [2.05, 4.69) is 5.32 Å². The maximum Gasteiger partial charge on any atom is 0.374 e. The fourth-order valence-corrected chi connectivity index (χ4v) is 3.96. The predicted molar refractivity (Wildman–Crippen MR) is 98.2 cm³/mol. The summed E-state index contributed by atoms with van der Waals surface area (Å²) in [6.07, 6.45) is 0.266. The Morgan fingerprint density at radius 3 is 2.43 bits per heavy atom. The van der Waals surface area contributed by atoms with Crippen LogP contribution in [-0.2, 0) is 24.3 Å². The van der Waals surface area contributed by atoms with Crippen LogP contribution in [0.3, 0.4) is 0 Å².